The summed E-state index contributed by atoms with van der Waals surface area (Å²) in [7, 11) is 1.45. The molecule has 0 radical (unpaired) electrons. The number of methoxy groups -OCH3 is 1. The van der Waals surface area contributed by atoms with Crippen LogP contribution < -0.4 is 11.1 Å². The number of thioether (sulfide) groups is 1. The topological polar surface area (TPSA) is 183 Å². The molecule has 2 unspecified atom stereocenters. The first kappa shape index (κ1) is 27.4. The summed E-state index contributed by atoms with van der Waals surface area (Å²) in [6.45, 7) is 6.45. The highest BCUT2D eigenvalue weighted by atomic mass is 32.2. The number of hydrogen-bond donors (Lipinski definition) is 3. The highest BCUT2D eigenvalue weighted by molar-refractivity contribution is 8.00. The fourth-order valence-electron chi connectivity index (χ4n) is 3.33. The molecule has 0 aromatic carbocycles. The number of nitrogens with one attached hydrogen (secondary N) is 1. The van der Waals surface area contributed by atoms with Gasteiger partial charge in [-0.3, -0.25) is 19.3 Å². The number of β-lactam (4-membered cyclic amide) rings is 1. The van der Waals surface area contributed by atoms with Crippen LogP contribution in [-0.2, 0) is 33.4 Å². The molecule has 0 bridgehead atoms. The molecule has 1 fully saturated rings. The summed E-state index contributed by atoms with van der Waals surface area (Å²) in [5.41, 5.74) is 4.90. The molecular formula is C21H27N5O8S2. The SMILES string of the molecule is COCC1=C(C(=O)OC(C)OC(=O)C(C)(C)C)N2C(=O)C(NC(=O)/C(=N\O)c3csc(N)n3)[C@H]2SC1. The van der Waals surface area contributed by atoms with Crippen LogP contribution in [0.3, 0.4) is 0 Å². The van der Waals surface area contributed by atoms with E-state index < -0.39 is 52.6 Å². The minimum Gasteiger partial charge on any atom is -0.425 e. The number of nitrogens with two attached hydrogens (primary N) is 1. The molecule has 2 aliphatic heterocycles. The maximum Gasteiger partial charge on any atom is 0.358 e. The number of esters is 2. The van der Waals surface area contributed by atoms with Gasteiger partial charge in [0.2, 0.25) is 6.29 Å². The Balaban J connectivity index is 1.75. The third-order valence-electron chi connectivity index (χ3n) is 5.08. The second kappa shape index (κ2) is 10.8. The van der Waals surface area contributed by atoms with Crippen LogP contribution in [0.2, 0.25) is 0 Å². The largest absolute Gasteiger partial charge is 0.425 e. The van der Waals surface area contributed by atoms with Crippen LogP contribution >= 0.6 is 23.1 Å². The van der Waals surface area contributed by atoms with Crippen molar-refractivity contribution < 1.29 is 38.6 Å². The van der Waals surface area contributed by atoms with Crippen LogP contribution in [-0.4, -0.2) is 81.7 Å². The monoisotopic (exact) mass is 541 g/mol. The average Bonchev–Trinajstić information content (AvgIpc) is 3.22. The minimum absolute atomic E-state index is 0.0296. The lowest BCUT2D eigenvalue weighted by atomic mass is 9.97. The van der Waals surface area contributed by atoms with E-state index in [9.17, 15) is 24.4 Å². The second-order valence-corrected chi connectivity index (χ2v) is 10.9. The van der Waals surface area contributed by atoms with Crippen molar-refractivity contribution in [3.63, 3.8) is 0 Å². The number of oxime groups is 1. The molecule has 36 heavy (non-hydrogen) atoms. The van der Waals surface area contributed by atoms with Crippen LogP contribution in [0.15, 0.2) is 21.8 Å². The van der Waals surface area contributed by atoms with Crippen molar-refractivity contribution in [3.05, 3.63) is 22.3 Å². The zero-order valence-corrected chi connectivity index (χ0v) is 21.9. The highest BCUT2D eigenvalue weighted by Crippen LogP contribution is 2.41. The molecule has 1 aromatic rings. The molecule has 3 rings (SSSR count). The second-order valence-electron chi connectivity index (χ2n) is 8.89. The van der Waals surface area contributed by atoms with Gasteiger partial charge in [-0.1, -0.05) is 5.16 Å². The number of carbonyl (C=O) groups excluding carboxylic acids is 4. The molecule has 1 saturated heterocycles. The number of rotatable bonds is 8. The van der Waals surface area contributed by atoms with E-state index in [2.05, 4.69) is 15.5 Å². The summed E-state index contributed by atoms with van der Waals surface area (Å²) in [5, 5.41) is 15.8. The van der Waals surface area contributed by atoms with E-state index >= 15 is 0 Å². The van der Waals surface area contributed by atoms with Gasteiger partial charge in [-0.2, -0.15) is 0 Å². The Bertz CT molecular complexity index is 1130. The normalized spacial score (nSPS) is 20.9. The van der Waals surface area contributed by atoms with Crippen molar-refractivity contribution >= 4 is 57.7 Å². The maximum absolute atomic E-state index is 13.0. The number of hydrogen-bond acceptors (Lipinski definition) is 13. The molecule has 0 aliphatic carbocycles. The average molecular weight is 542 g/mol. The highest BCUT2D eigenvalue weighted by Gasteiger charge is 2.55. The first-order valence-electron chi connectivity index (χ1n) is 10.7. The number of thiazole rings is 1. The molecular weight excluding hydrogens is 514 g/mol. The van der Waals surface area contributed by atoms with Gasteiger partial charge >= 0.3 is 11.9 Å². The Morgan fingerprint density at radius 2 is 2.06 bits per heavy atom. The van der Waals surface area contributed by atoms with Gasteiger partial charge in [0.1, 0.15) is 22.8 Å². The minimum atomic E-state index is -1.20. The zero-order valence-electron chi connectivity index (χ0n) is 20.3. The number of ether oxygens (including phenoxy) is 3. The van der Waals surface area contributed by atoms with Crippen molar-refractivity contribution in [1.82, 2.24) is 15.2 Å². The van der Waals surface area contributed by atoms with Crippen LogP contribution in [0, 0.1) is 5.41 Å². The lowest BCUT2D eigenvalue weighted by Crippen LogP contribution is -2.71. The van der Waals surface area contributed by atoms with E-state index in [0.717, 1.165) is 11.3 Å². The van der Waals surface area contributed by atoms with E-state index in [4.69, 9.17) is 19.9 Å². The number of nitrogens with zero attached hydrogens (tertiary/aromatic N) is 3. The van der Waals surface area contributed by atoms with E-state index in [1.54, 1.807) is 20.8 Å². The van der Waals surface area contributed by atoms with Gasteiger partial charge in [-0.05, 0) is 26.3 Å². The summed E-state index contributed by atoms with van der Waals surface area (Å²) < 4.78 is 15.7. The fourth-order valence-corrected chi connectivity index (χ4v) is 5.21. The summed E-state index contributed by atoms with van der Waals surface area (Å²) in [6, 6.07) is -1.00. The van der Waals surface area contributed by atoms with Crippen molar-refractivity contribution in [3.8, 4) is 0 Å². The molecule has 196 valence electrons. The third-order valence-corrected chi connectivity index (χ3v) is 7.10. The molecule has 13 nitrogen and oxygen atoms in total. The lowest BCUT2D eigenvalue weighted by molar-refractivity contribution is -0.190. The number of amides is 2. The number of fused-ring (bicyclic) bond motifs is 1. The Morgan fingerprint density at radius 1 is 1.36 bits per heavy atom. The predicted octanol–water partition coefficient (Wildman–Crippen LogP) is 0.683. The molecule has 2 aliphatic rings. The molecule has 0 saturated carbocycles. The fraction of sp³-hybridized carbons (Fsp3) is 0.524. The van der Waals surface area contributed by atoms with Crippen molar-refractivity contribution in [2.75, 3.05) is 25.2 Å². The summed E-state index contributed by atoms with van der Waals surface area (Å²) in [6.07, 6.45) is -1.20. The quantitative estimate of drug-likeness (QED) is 0.105. The zero-order chi connectivity index (χ0) is 26.8. The molecule has 4 N–H and O–H groups in total. The number of aromatic nitrogens is 1. The molecule has 1 aromatic heterocycles. The Hall–Kier alpha value is -3.17. The molecule has 3 heterocycles. The van der Waals surface area contributed by atoms with Gasteiger partial charge in [-0.15, -0.1) is 23.1 Å². The van der Waals surface area contributed by atoms with Crippen molar-refractivity contribution in [2.45, 2.75) is 45.4 Å². The van der Waals surface area contributed by atoms with Gasteiger partial charge in [0, 0.05) is 25.2 Å². The number of nitrogen functional groups attached to an aromatic ring is 1. The molecule has 3 atom stereocenters. The lowest BCUT2D eigenvalue weighted by Gasteiger charge is -2.49. The first-order chi connectivity index (χ1) is 16.9. The van der Waals surface area contributed by atoms with Crippen molar-refractivity contribution in [2.24, 2.45) is 10.6 Å². The Kier molecular flexibility index (Phi) is 8.26. The number of anilines is 1. The smallest absolute Gasteiger partial charge is 0.358 e. The van der Waals surface area contributed by atoms with Gasteiger partial charge < -0.3 is 30.5 Å². The van der Waals surface area contributed by atoms with Crippen LogP contribution in [0.1, 0.15) is 33.4 Å². The molecule has 15 heteroatoms. The van der Waals surface area contributed by atoms with E-state index in [-0.39, 0.29) is 23.1 Å². The summed E-state index contributed by atoms with van der Waals surface area (Å²) >= 11 is 2.37. The Morgan fingerprint density at radius 3 is 2.61 bits per heavy atom. The van der Waals surface area contributed by atoms with Gasteiger partial charge in [-0.25, -0.2) is 9.78 Å². The Labute approximate surface area is 215 Å². The van der Waals surface area contributed by atoms with E-state index in [0.29, 0.717) is 11.3 Å². The van der Waals surface area contributed by atoms with E-state index in [1.807, 2.05) is 0 Å². The van der Waals surface area contributed by atoms with Crippen LogP contribution in [0.5, 0.6) is 0 Å². The van der Waals surface area contributed by atoms with E-state index in [1.165, 1.54) is 36.1 Å². The van der Waals surface area contributed by atoms with Gasteiger partial charge in [0.05, 0.1) is 12.0 Å². The standard InChI is InChI=1S/C21H27N5O8S2/c1-9(34-19(30)21(2,3)4)33-18(29)14-10(6-32-5)7-35-17-13(16(28)26(14)17)24-15(27)12(25-31)11-8-36-20(22)23-11/h8-9,13,17,31H,6-7H2,1-5H3,(H2,22,23)(H,24,27)/b25-12-/t9?,13?,17-/m1/s1. The van der Waals surface area contributed by atoms with Gasteiger partial charge in [0.25, 0.3) is 11.8 Å². The summed E-state index contributed by atoms with van der Waals surface area (Å²) in [5.74, 6) is -2.51. The third kappa shape index (κ3) is 5.63. The number of carbonyl (C=O) groups is 4. The molecule has 2 amide bonds. The van der Waals surface area contributed by atoms with Crippen LogP contribution in [0.4, 0.5) is 5.13 Å². The van der Waals surface area contributed by atoms with Gasteiger partial charge in [0.15, 0.2) is 10.8 Å². The molecule has 0 spiro atoms. The summed E-state index contributed by atoms with van der Waals surface area (Å²) in [4.78, 5) is 56.0. The van der Waals surface area contributed by atoms with Crippen LogP contribution in [0.25, 0.3) is 0 Å². The first-order valence-corrected chi connectivity index (χ1v) is 12.6. The van der Waals surface area contributed by atoms with Crippen molar-refractivity contribution in [1.29, 1.82) is 0 Å². The maximum atomic E-state index is 13.0. The predicted molar refractivity (Wildman–Crippen MR) is 130 cm³/mol.